The number of fused-ring (bicyclic) bond motifs is 1. The minimum Gasteiger partial charge on any atom is -0.306 e. The first-order valence-electron chi connectivity index (χ1n) is 8.38. The van der Waals surface area contributed by atoms with E-state index in [1.165, 1.54) is 19.3 Å². The van der Waals surface area contributed by atoms with E-state index in [0.717, 1.165) is 53.6 Å². The summed E-state index contributed by atoms with van der Waals surface area (Å²) < 4.78 is 0. The number of imidazole rings is 1. The van der Waals surface area contributed by atoms with Crippen molar-refractivity contribution in [2.45, 2.75) is 38.5 Å². The molecule has 22 heavy (non-hydrogen) atoms. The Bertz CT molecular complexity index is 794. The molecule has 114 valence electrons. The number of rotatable bonds is 2. The molecule has 0 amide bonds. The van der Waals surface area contributed by atoms with E-state index in [0.29, 0.717) is 5.78 Å². The fourth-order valence-electron chi connectivity index (χ4n) is 5.87. The molecule has 1 aromatic carbocycles. The Morgan fingerprint density at radius 3 is 2.18 bits per heavy atom. The molecule has 1 aromatic heterocycles. The number of nitrogens with one attached hydrogen (secondary N) is 2. The first-order valence-corrected chi connectivity index (χ1v) is 8.38. The molecule has 0 radical (unpaired) electrons. The summed E-state index contributed by atoms with van der Waals surface area (Å²) in [6.07, 6.45) is 7.28. The van der Waals surface area contributed by atoms with Crippen molar-refractivity contribution in [1.82, 2.24) is 9.97 Å². The second kappa shape index (κ2) is 4.12. The molecule has 0 atom stereocenters. The third-order valence-electron chi connectivity index (χ3n) is 6.30. The van der Waals surface area contributed by atoms with Gasteiger partial charge in [0.2, 0.25) is 0 Å². The molecule has 0 spiro atoms. The molecule has 1 heterocycles. The molecule has 4 fully saturated rings. The maximum atomic E-state index is 13.2. The first kappa shape index (κ1) is 12.7. The zero-order valence-corrected chi connectivity index (χ0v) is 12.5. The van der Waals surface area contributed by atoms with Gasteiger partial charge in [0.1, 0.15) is 0 Å². The van der Waals surface area contributed by atoms with Crippen molar-refractivity contribution in [3.05, 3.63) is 34.2 Å². The van der Waals surface area contributed by atoms with Crippen LogP contribution in [0.2, 0.25) is 0 Å². The van der Waals surface area contributed by atoms with Gasteiger partial charge in [0.15, 0.2) is 5.78 Å². The highest BCUT2D eigenvalue weighted by Gasteiger charge is 2.54. The van der Waals surface area contributed by atoms with Crippen LogP contribution in [0.3, 0.4) is 0 Å². The molecule has 0 aliphatic heterocycles. The van der Waals surface area contributed by atoms with Gasteiger partial charge in [0, 0.05) is 11.0 Å². The molecule has 4 saturated carbocycles. The van der Waals surface area contributed by atoms with Crippen molar-refractivity contribution < 1.29 is 4.79 Å². The molecule has 4 aliphatic rings. The van der Waals surface area contributed by atoms with Crippen molar-refractivity contribution in [3.8, 4) is 0 Å². The van der Waals surface area contributed by atoms with Gasteiger partial charge in [-0.3, -0.25) is 4.79 Å². The highest BCUT2D eigenvalue weighted by atomic mass is 16.1. The fraction of sp³-hybridized carbons (Fsp3) is 0.556. The zero-order valence-electron chi connectivity index (χ0n) is 12.5. The maximum Gasteiger partial charge on any atom is 0.323 e. The summed E-state index contributed by atoms with van der Waals surface area (Å²) >= 11 is 0. The zero-order chi connectivity index (χ0) is 14.9. The third kappa shape index (κ3) is 1.70. The van der Waals surface area contributed by atoms with Crippen LogP contribution in [0.1, 0.15) is 48.9 Å². The second-order valence-electron chi connectivity index (χ2n) is 7.87. The topological polar surface area (TPSA) is 65.7 Å². The van der Waals surface area contributed by atoms with Gasteiger partial charge in [-0.05, 0) is 74.5 Å². The molecule has 4 bridgehead atoms. The minimum absolute atomic E-state index is 0.112. The number of aromatic nitrogens is 2. The molecule has 4 aliphatic carbocycles. The van der Waals surface area contributed by atoms with Crippen molar-refractivity contribution in [1.29, 1.82) is 0 Å². The molecule has 6 rings (SSSR count). The third-order valence-corrected chi connectivity index (χ3v) is 6.30. The van der Waals surface area contributed by atoms with Crippen molar-refractivity contribution in [2.75, 3.05) is 0 Å². The number of Topliss-reactive ketones (excluding diaryl/α,β-unsaturated/α-hetero) is 1. The number of hydrogen-bond acceptors (Lipinski definition) is 2. The molecular weight excluding hydrogens is 276 g/mol. The molecule has 2 aromatic rings. The Labute approximate surface area is 128 Å². The average Bonchev–Trinajstić information content (AvgIpc) is 2.84. The number of ketones is 1. The number of H-pyrrole nitrogens is 2. The molecule has 0 unspecified atom stereocenters. The summed E-state index contributed by atoms with van der Waals surface area (Å²) in [7, 11) is 0. The van der Waals surface area contributed by atoms with Gasteiger partial charge >= 0.3 is 5.69 Å². The standard InChI is InChI=1S/C18H20N2O2/c21-16(13-1-2-14-15(6-13)20-17(22)19-14)18-7-10-3-11(8-18)5-12(4-10)9-18/h1-2,6,10-12H,3-5,7-9H2,(H2,19,20,22). The summed E-state index contributed by atoms with van der Waals surface area (Å²) in [5.74, 6) is 2.62. The lowest BCUT2D eigenvalue weighted by molar-refractivity contribution is -0.0353. The number of carbonyl (C=O) groups is 1. The average molecular weight is 296 g/mol. The van der Waals surface area contributed by atoms with Crippen LogP contribution in [-0.4, -0.2) is 15.8 Å². The minimum atomic E-state index is -0.214. The van der Waals surface area contributed by atoms with E-state index in [1.54, 1.807) is 0 Å². The lowest BCUT2D eigenvalue weighted by atomic mass is 9.48. The van der Waals surface area contributed by atoms with E-state index < -0.39 is 0 Å². The Balaban J connectivity index is 1.56. The SMILES string of the molecule is O=C(c1ccc2[nH]c(=O)[nH]c2c1)C12CC3CC(CC(C3)C1)C2. The van der Waals surface area contributed by atoms with Gasteiger partial charge in [-0.1, -0.05) is 0 Å². The van der Waals surface area contributed by atoms with Crippen LogP contribution in [0.15, 0.2) is 23.0 Å². The van der Waals surface area contributed by atoms with E-state index in [4.69, 9.17) is 0 Å². The van der Waals surface area contributed by atoms with Gasteiger partial charge in [-0.25, -0.2) is 4.79 Å². The van der Waals surface area contributed by atoms with Crippen molar-refractivity contribution in [3.63, 3.8) is 0 Å². The molecule has 4 nitrogen and oxygen atoms in total. The Kier molecular flexibility index (Phi) is 2.37. The van der Waals surface area contributed by atoms with Crippen LogP contribution in [0.25, 0.3) is 11.0 Å². The highest BCUT2D eigenvalue weighted by molar-refractivity contribution is 6.02. The van der Waals surface area contributed by atoms with Gasteiger partial charge in [-0.2, -0.15) is 0 Å². The number of hydrogen-bond donors (Lipinski definition) is 2. The summed E-state index contributed by atoms with van der Waals surface area (Å²) in [5, 5.41) is 0. The number of aromatic amines is 2. The second-order valence-corrected chi connectivity index (χ2v) is 7.87. The Morgan fingerprint density at radius 1 is 0.955 bits per heavy atom. The largest absolute Gasteiger partial charge is 0.323 e. The van der Waals surface area contributed by atoms with E-state index in [2.05, 4.69) is 9.97 Å². The lowest BCUT2D eigenvalue weighted by Crippen LogP contribution is -2.50. The van der Waals surface area contributed by atoms with Crippen LogP contribution in [0.4, 0.5) is 0 Å². The Hall–Kier alpha value is -1.84. The van der Waals surface area contributed by atoms with Crippen LogP contribution in [-0.2, 0) is 0 Å². The predicted octanol–water partition coefficient (Wildman–Crippen LogP) is 3.26. The fourth-order valence-corrected chi connectivity index (χ4v) is 5.87. The lowest BCUT2D eigenvalue weighted by Gasteiger charge is -2.56. The number of carbonyl (C=O) groups excluding carboxylic acids is 1. The van der Waals surface area contributed by atoms with Crippen LogP contribution in [0.5, 0.6) is 0 Å². The quantitative estimate of drug-likeness (QED) is 0.835. The normalized spacial score (nSPS) is 36.1. The molecule has 4 heteroatoms. The molecular formula is C18H20N2O2. The van der Waals surface area contributed by atoms with Crippen molar-refractivity contribution >= 4 is 16.8 Å². The molecule has 2 N–H and O–H groups in total. The Morgan fingerprint density at radius 2 is 1.55 bits per heavy atom. The summed E-state index contributed by atoms with van der Waals surface area (Å²) in [6.45, 7) is 0. The smallest absolute Gasteiger partial charge is 0.306 e. The summed E-state index contributed by atoms with van der Waals surface area (Å²) in [5.41, 5.74) is 1.95. The van der Waals surface area contributed by atoms with Gasteiger partial charge in [0.25, 0.3) is 0 Å². The van der Waals surface area contributed by atoms with E-state index in [9.17, 15) is 9.59 Å². The van der Waals surface area contributed by atoms with Gasteiger partial charge in [-0.15, -0.1) is 0 Å². The summed E-state index contributed by atoms with van der Waals surface area (Å²) in [6, 6.07) is 5.59. The van der Waals surface area contributed by atoms with E-state index in [1.807, 2.05) is 18.2 Å². The number of benzene rings is 1. The van der Waals surface area contributed by atoms with Gasteiger partial charge in [0.05, 0.1) is 11.0 Å². The summed E-state index contributed by atoms with van der Waals surface area (Å²) in [4.78, 5) is 30.1. The first-order chi connectivity index (χ1) is 10.6. The molecule has 0 saturated heterocycles. The van der Waals surface area contributed by atoms with Crippen LogP contribution >= 0.6 is 0 Å². The van der Waals surface area contributed by atoms with Crippen LogP contribution < -0.4 is 5.69 Å². The van der Waals surface area contributed by atoms with Gasteiger partial charge < -0.3 is 9.97 Å². The maximum absolute atomic E-state index is 13.2. The van der Waals surface area contributed by atoms with E-state index in [-0.39, 0.29) is 11.1 Å². The highest BCUT2D eigenvalue weighted by Crippen LogP contribution is 2.60. The predicted molar refractivity (Wildman–Crippen MR) is 83.9 cm³/mol. The monoisotopic (exact) mass is 296 g/mol. The van der Waals surface area contributed by atoms with Crippen LogP contribution in [0, 0.1) is 23.2 Å². The van der Waals surface area contributed by atoms with Crippen molar-refractivity contribution in [2.24, 2.45) is 23.2 Å². The van der Waals surface area contributed by atoms with E-state index >= 15 is 0 Å².